The predicted molar refractivity (Wildman–Crippen MR) is 57.9 cm³/mol. The third kappa shape index (κ3) is 0.844. The van der Waals surface area contributed by atoms with Crippen LogP contribution in [0.5, 0.6) is 0 Å². The van der Waals surface area contributed by atoms with Crippen LogP contribution in [-0.4, -0.2) is 5.78 Å². The summed E-state index contributed by atoms with van der Waals surface area (Å²) in [5.74, 6) is 1.43. The smallest absolute Gasteiger partial charge is 0.137 e. The van der Waals surface area contributed by atoms with Gasteiger partial charge in [-0.25, -0.2) is 0 Å². The number of rotatable bonds is 0. The molecule has 0 aromatic carbocycles. The summed E-state index contributed by atoms with van der Waals surface area (Å²) in [5, 5.41) is 0. The minimum absolute atomic E-state index is 0.197. The van der Waals surface area contributed by atoms with Crippen LogP contribution in [-0.2, 0) is 4.79 Å². The van der Waals surface area contributed by atoms with Crippen LogP contribution in [0, 0.1) is 28.1 Å². The van der Waals surface area contributed by atoms with E-state index in [1.807, 2.05) is 0 Å². The first-order valence-corrected chi connectivity index (χ1v) is 5.65. The summed E-state index contributed by atoms with van der Waals surface area (Å²) in [6, 6.07) is 0. The van der Waals surface area contributed by atoms with Crippen molar-refractivity contribution in [2.24, 2.45) is 28.1 Å². The fourth-order valence-electron chi connectivity index (χ4n) is 4.22. The van der Waals surface area contributed by atoms with Gasteiger partial charge in [-0.15, -0.1) is 0 Å². The number of carbonyl (C=O) groups is 1. The van der Waals surface area contributed by atoms with Gasteiger partial charge >= 0.3 is 0 Å². The molecular formula is C13H22O. The van der Waals surface area contributed by atoms with Crippen molar-refractivity contribution in [1.82, 2.24) is 0 Å². The molecular weight excluding hydrogens is 172 g/mol. The van der Waals surface area contributed by atoms with Crippen molar-refractivity contribution in [3.63, 3.8) is 0 Å². The summed E-state index contributed by atoms with van der Waals surface area (Å²) in [4.78, 5) is 12.0. The zero-order valence-electron chi connectivity index (χ0n) is 10.3. The van der Waals surface area contributed by atoms with E-state index in [9.17, 15) is 4.79 Å². The summed E-state index contributed by atoms with van der Waals surface area (Å²) in [6.07, 6.45) is 0.787. The highest BCUT2D eigenvalue weighted by atomic mass is 16.1. The molecule has 0 spiro atoms. The van der Waals surface area contributed by atoms with Crippen molar-refractivity contribution < 1.29 is 4.79 Å². The predicted octanol–water partition coefficient (Wildman–Crippen LogP) is 3.28. The normalized spacial score (nSPS) is 41.7. The molecule has 2 aliphatic rings. The molecule has 2 atom stereocenters. The lowest BCUT2D eigenvalue weighted by atomic mass is 9.38. The largest absolute Gasteiger partial charge is 0.299 e. The topological polar surface area (TPSA) is 17.1 Å². The van der Waals surface area contributed by atoms with E-state index in [-0.39, 0.29) is 10.8 Å². The lowest BCUT2D eigenvalue weighted by Crippen LogP contribution is -2.62. The minimum atomic E-state index is 0.197. The van der Waals surface area contributed by atoms with Crippen LogP contribution in [0.4, 0.5) is 0 Å². The number of carbonyl (C=O) groups excluding carboxylic acids is 1. The molecule has 0 N–H and O–H groups in total. The van der Waals surface area contributed by atoms with Gasteiger partial charge in [-0.1, -0.05) is 41.5 Å². The van der Waals surface area contributed by atoms with Crippen LogP contribution in [0.15, 0.2) is 0 Å². The molecule has 0 aromatic rings. The molecule has 0 radical (unpaired) electrons. The Kier molecular flexibility index (Phi) is 1.64. The van der Waals surface area contributed by atoms with Crippen molar-refractivity contribution in [3.8, 4) is 0 Å². The molecule has 0 aliphatic heterocycles. The van der Waals surface area contributed by atoms with Gasteiger partial charge in [-0.05, 0) is 22.2 Å². The second-order valence-corrected chi connectivity index (χ2v) is 7.03. The van der Waals surface area contributed by atoms with Crippen molar-refractivity contribution in [2.45, 2.75) is 48.0 Å². The number of fused-ring (bicyclic) bond motifs is 1. The SMILES string of the molecule is CC1(C)CC(=O)C2C1C(C)(C)C2(C)C. The van der Waals surface area contributed by atoms with Crippen molar-refractivity contribution in [3.05, 3.63) is 0 Å². The Morgan fingerprint density at radius 1 is 1.00 bits per heavy atom. The standard InChI is InChI=1S/C13H22O/c1-11(2)7-8(14)9-10(11)13(5,6)12(9,3)4/h9-10H,7H2,1-6H3. The van der Waals surface area contributed by atoms with Crippen molar-refractivity contribution >= 4 is 5.78 Å². The molecule has 14 heavy (non-hydrogen) atoms. The Bertz CT molecular complexity index is 296. The van der Waals surface area contributed by atoms with Gasteiger partial charge < -0.3 is 0 Å². The Morgan fingerprint density at radius 3 is 1.93 bits per heavy atom. The molecule has 2 saturated carbocycles. The van der Waals surface area contributed by atoms with E-state index >= 15 is 0 Å². The highest BCUT2D eigenvalue weighted by molar-refractivity contribution is 5.87. The quantitative estimate of drug-likeness (QED) is 0.578. The number of hydrogen-bond donors (Lipinski definition) is 0. The Morgan fingerprint density at radius 2 is 1.50 bits per heavy atom. The van der Waals surface area contributed by atoms with Gasteiger partial charge in [0.05, 0.1) is 0 Å². The maximum absolute atomic E-state index is 12.0. The molecule has 2 fully saturated rings. The van der Waals surface area contributed by atoms with Crippen LogP contribution < -0.4 is 0 Å². The van der Waals surface area contributed by atoms with E-state index in [4.69, 9.17) is 0 Å². The fourth-order valence-corrected chi connectivity index (χ4v) is 4.22. The average molecular weight is 194 g/mol. The van der Waals surface area contributed by atoms with Gasteiger partial charge in [0.2, 0.25) is 0 Å². The van der Waals surface area contributed by atoms with Crippen LogP contribution >= 0.6 is 0 Å². The molecule has 2 rings (SSSR count). The highest BCUT2D eigenvalue weighted by Gasteiger charge is 2.71. The van der Waals surface area contributed by atoms with Crippen LogP contribution in [0.2, 0.25) is 0 Å². The third-order valence-corrected chi connectivity index (χ3v) is 5.37. The Hall–Kier alpha value is -0.330. The van der Waals surface area contributed by atoms with Gasteiger partial charge in [0.25, 0.3) is 0 Å². The maximum atomic E-state index is 12.0. The second kappa shape index (κ2) is 2.25. The van der Waals surface area contributed by atoms with Gasteiger partial charge in [-0.3, -0.25) is 4.79 Å². The molecule has 2 unspecified atom stereocenters. The summed E-state index contributed by atoms with van der Waals surface area (Å²) >= 11 is 0. The highest BCUT2D eigenvalue weighted by Crippen LogP contribution is 2.73. The lowest BCUT2D eigenvalue weighted by molar-refractivity contribution is -0.184. The zero-order chi connectivity index (χ0) is 10.9. The minimum Gasteiger partial charge on any atom is -0.299 e. The van der Waals surface area contributed by atoms with E-state index in [1.165, 1.54) is 0 Å². The zero-order valence-corrected chi connectivity index (χ0v) is 10.3. The summed E-state index contributed by atoms with van der Waals surface area (Å²) in [6.45, 7) is 13.7. The molecule has 0 heterocycles. The van der Waals surface area contributed by atoms with E-state index in [0.717, 1.165) is 6.42 Å². The summed E-state index contributed by atoms with van der Waals surface area (Å²) in [7, 11) is 0. The van der Waals surface area contributed by atoms with Crippen molar-refractivity contribution in [2.75, 3.05) is 0 Å². The first-order valence-electron chi connectivity index (χ1n) is 5.65. The first-order chi connectivity index (χ1) is 6.12. The average Bonchev–Trinajstić information content (AvgIpc) is 2.19. The van der Waals surface area contributed by atoms with Crippen LogP contribution in [0.25, 0.3) is 0 Å². The monoisotopic (exact) mass is 194 g/mol. The second-order valence-electron chi connectivity index (χ2n) is 7.03. The lowest BCUT2D eigenvalue weighted by Gasteiger charge is -2.65. The Labute approximate surface area is 87.3 Å². The molecule has 0 saturated heterocycles. The molecule has 1 heteroatoms. The van der Waals surface area contributed by atoms with E-state index in [1.54, 1.807) is 0 Å². The molecule has 0 amide bonds. The Balaban J connectivity index is 2.44. The van der Waals surface area contributed by atoms with Gasteiger partial charge in [0.15, 0.2) is 0 Å². The molecule has 80 valence electrons. The maximum Gasteiger partial charge on any atom is 0.137 e. The molecule has 1 nitrogen and oxygen atoms in total. The molecule has 2 aliphatic carbocycles. The number of ketones is 1. The molecule has 0 aromatic heterocycles. The van der Waals surface area contributed by atoms with Gasteiger partial charge in [0, 0.05) is 12.3 Å². The van der Waals surface area contributed by atoms with Crippen molar-refractivity contribution in [1.29, 1.82) is 0 Å². The molecule has 0 bridgehead atoms. The van der Waals surface area contributed by atoms with Gasteiger partial charge in [-0.2, -0.15) is 0 Å². The number of hydrogen-bond acceptors (Lipinski definition) is 1. The van der Waals surface area contributed by atoms with Crippen LogP contribution in [0.1, 0.15) is 48.0 Å². The first kappa shape index (κ1) is 10.2. The van der Waals surface area contributed by atoms with E-state index in [0.29, 0.717) is 23.0 Å². The summed E-state index contributed by atoms with van der Waals surface area (Å²) in [5.41, 5.74) is 0.733. The third-order valence-electron chi connectivity index (χ3n) is 5.37. The fraction of sp³-hybridized carbons (Fsp3) is 0.923. The van der Waals surface area contributed by atoms with E-state index < -0.39 is 0 Å². The number of Topliss-reactive ketones (excluding diaryl/α,β-unsaturated/α-hetero) is 1. The van der Waals surface area contributed by atoms with Gasteiger partial charge in [0.1, 0.15) is 5.78 Å². The van der Waals surface area contributed by atoms with Crippen LogP contribution in [0.3, 0.4) is 0 Å². The summed E-state index contributed by atoms with van der Waals surface area (Å²) < 4.78 is 0. The van der Waals surface area contributed by atoms with E-state index in [2.05, 4.69) is 41.5 Å².